The number of anilines is 1. The lowest BCUT2D eigenvalue weighted by molar-refractivity contribution is -0.137. The molecule has 0 fully saturated rings. The standard InChI is InChI=1S/C19H33N3O4/c1-16-15-26-19(21-16)22-18(25)20-14-12-10-8-6-4-2-3-5-7-9-11-13-17(23)24/h15H,2-14H2,1H3,(H,23,24)(H2,20,21,22,25). The lowest BCUT2D eigenvalue weighted by atomic mass is 10.1. The van der Waals surface area contributed by atoms with Crippen molar-refractivity contribution in [2.45, 2.75) is 84.0 Å². The number of unbranched alkanes of at least 4 members (excludes halogenated alkanes) is 10. The van der Waals surface area contributed by atoms with Crippen LogP contribution < -0.4 is 10.6 Å². The number of aromatic nitrogens is 1. The molecule has 7 heteroatoms. The Balaban J connectivity index is 1.79. The number of rotatable bonds is 15. The van der Waals surface area contributed by atoms with Gasteiger partial charge in [0.05, 0.1) is 5.69 Å². The molecule has 0 radical (unpaired) electrons. The summed E-state index contributed by atoms with van der Waals surface area (Å²) in [6, 6.07) is -0.0582. The second-order valence-corrected chi connectivity index (χ2v) is 6.71. The minimum atomic E-state index is -0.689. The molecule has 1 aromatic rings. The molecule has 148 valence electrons. The van der Waals surface area contributed by atoms with E-state index in [2.05, 4.69) is 15.6 Å². The molecule has 0 aliphatic rings. The molecule has 3 N–H and O–H groups in total. The third-order valence-electron chi connectivity index (χ3n) is 4.19. The van der Waals surface area contributed by atoms with Crippen LogP contribution in [0.2, 0.25) is 0 Å². The minimum absolute atomic E-state index is 0.224. The summed E-state index contributed by atoms with van der Waals surface area (Å²) in [6.07, 6.45) is 14.3. The topological polar surface area (TPSA) is 104 Å². The van der Waals surface area contributed by atoms with Gasteiger partial charge in [0.1, 0.15) is 6.26 Å². The number of hydrogen-bond acceptors (Lipinski definition) is 4. The van der Waals surface area contributed by atoms with Gasteiger partial charge in [0.15, 0.2) is 0 Å². The summed E-state index contributed by atoms with van der Waals surface area (Å²) in [5, 5.41) is 13.9. The van der Waals surface area contributed by atoms with E-state index in [1.807, 2.05) is 0 Å². The molecule has 2 amide bonds. The zero-order valence-electron chi connectivity index (χ0n) is 15.9. The van der Waals surface area contributed by atoms with Gasteiger partial charge in [-0.3, -0.25) is 10.1 Å². The molecule has 0 saturated heterocycles. The van der Waals surface area contributed by atoms with Crippen LogP contribution in [0.25, 0.3) is 0 Å². The van der Waals surface area contributed by atoms with Crippen molar-refractivity contribution in [2.24, 2.45) is 0 Å². The van der Waals surface area contributed by atoms with Crippen molar-refractivity contribution in [3.8, 4) is 0 Å². The number of carbonyl (C=O) groups excluding carboxylic acids is 1. The monoisotopic (exact) mass is 367 g/mol. The summed E-state index contributed by atoms with van der Waals surface area (Å²) in [7, 11) is 0. The molecule has 26 heavy (non-hydrogen) atoms. The number of carboxylic acids is 1. The molecule has 1 aromatic heterocycles. The fourth-order valence-corrected chi connectivity index (χ4v) is 2.75. The molecule has 0 bridgehead atoms. The third kappa shape index (κ3) is 12.3. The van der Waals surface area contributed by atoms with Crippen LogP contribution in [0, 0.1) is 6.92 Å². The Kier molecular flexibility index (Phi) is 12.0. The van der Waals surface area contributed by atoms with Crippen LogP contribution >= 0.6 is 0 Å². The third-order valence-corrected chi connectivity index (χ3v) is 4.19. The lowest BCUT2D eigenvalue weighted by Crippen LogP contribution is -2.29. The number of oxazole rings is 1. The summed E-state index contributed by atoms with van der Waals surface area (Å²) in [6.45, 7) is 2.46. The molecule has 1 heterocycles. The van der Waals surface area contributed by atoms with Gasteiger partial charge in [0.25, 0.3) is 0 Å². The van der Waals surface area contributed by atoms with Gasteiger partial charge < -0.3 is 14.8 Å². The average molecular weight is 367 g/mol. The van der Waals surface area contributed by atoms with E-state index in [1.165, 1.54) is 44.8 Å². The smallest absolute Gasteiger partial charge is 0.322 e. The Morgan fingerprint density at radius 3 is 2.00 bits per heavy atom. The van der Waals surface area contributed by atoms with Gasteiger partial charge in [-0.05, 0) is 19.8 Å². The van der Waals surface area contributed by atoms with Gasteiger partial charge >= 0.3 is 18.0 Å². The van der Waals surface area contributed by atoms with Crippen molar-refractivity contribution in [3.63, 3.8) is 0 Å². The summed E-state index contributed by atoms with van der Waals surface area (Å²) < 4.78 is 5.06. The normalized spacial score (nSPS) is 10.7. The van der Waals surface area contributed by atoms with E-state index in [1.54, 1.807) is 6.92 Å². The maximum absolute atomic E-state index is 11.6. The van der Waals surface area contributed by atoms with Gasteiger partial charge in [-0.15, -0.1) is 0 Å². The molecule has 0 saturated carbocycles. The van der Waals surface area contributed by atoms with E-state index in [0.717, 1.165) is 37.8 Å². The molecule has 0 aliphatic heterocycles. The number of aliphatic carboxylic acids is 1. The maximum atomic E-state index is 11.6. The number of aryl methyl sites for hydroxylation is 1. The number of nitrogens with one attached hydrogen (secondary N) is 2. The maximum Gasteiger partial charge on any atom is 0.322 e. The van der Waals surface area contributed by atoms with Crippen LogP contribution in [-0.2, 0) is 4.79 Å². The summed E-state index contributed by atoms with van der Waals surface area (Å²) in [5.41, 5.74) is 0.735. The molecular weight excluding hydrogens is 334 g/mol. The molecule has 0 aliphatic carbocycles. The quantitative estimate of drug-likeness (QED) is 0.384. The van der Waals surface area contributed by atoms with Gasteiger partial charge in [-0.2, -0.15) is 4.98 Å². The Morgan fingerprint density at radius 2 is 1.50 bits per heavy atom. The molecule has 7 nitrogen and oxygen atoms in total. The van der Waals surface area contributed by atoms with Gasteiger partial charge in [0.2, 0.25) is 0 Å². The number of nitrogens with zero attached hydrogens (tertiary/aromatic N) is 1. The van der Waals surface area contributed by atoms with E-state index >= 15 is 0 Å². The first-order valence-corrected chi connectivity index (χ1v) is 9.76. The number of urea groups is 1. The molecule has 0 unspecified atom stereocenters. The van der Waals surface area contributed by atoms with Gasteiger partial charge in [-0.1, -0.05) is 57.8 Å². The van der Waals surface area contributed by atoms with Gasteiger partial charge in [-0.25, -0.2) is 4.79 Å². The predicted octanol–water partition coefficient (Wildman–Crippen LogP) is 4.87. The predicted molar refractivity (Wildman–Crippen MR) is 101 cm³/mol. The SMILES string of the molecule is Cc1coc(NC(=O)NCCCCCCCCCCCCCC(=O)O)n1. The van der Waals surface area contributed by atoms with E-state index in [9.17, 15) is 9.59 Å². The molecule has 0 aromatic carbocycles. The Morgan fingerprint density at radius 1 is 0.962 bits per heavy atom. The van der Waals surface area contributed by atoms with E-state index in [-0.39, 0.29) is 12.0 Å². The first-order valence-electron chi connectivity index (χ1n) is 9.76. The second kappa shape index (κ2) is 14.2. The van der Waals surface area contributed by atoms with Crippen LogP contribution in [0.4, 0.5) is 10.8 Å². The minimum Gasteiger partial charge on any atom is -0.481 e. The Hall–Kier alpha value is -2.05. The number of carboxylic acid groups (broad SMARTS) is 1. The van der Waals surface area contributed by atoms with Crippen LogP contribution in [-0.4, -0.2) is 28.6 Å². The van der Waals surface area contributed by atoms with Crippen molar-refractivity contribution in [2.75, 3.05) is 11.9 Å². The fourth-order valence-electron chi connectivity index (χ4n) is 2.75. The zero-order valence-corrected chi connectivity index (χ0v) is 15.9. The van der Waals surface area contributed by atoms with Crippen LogP contribution in [0.5, 0.6) is 0 Å². The van der Waals surface area contributed by atoms with Crippen molar-refractivity contribution in [1.29, 1.82) is 0 Å². The van der Waals surface area contributed by atoms with E-state index in [4.69, 9.17) is 9.52 Å². The number of hydrogen-bond donors (Lipinski definition) is 3. The molecule has 0 atom stereocenters. The van der Waals surface area contributed by atoms with Crippen molar-refractivity contribution in [3.05, 3.63) is 12.0 Å². The first-order chi connectivity index (χ1) is 12.6. The highest BCUT2D eigenvalue weighted by Gasteiger charge is 2.05. The van der Waals surface area contributed by atoms with E-state index < -0.39 is 5.97 Å². The summed E-state index contributed by atoms with van der Waals surface area (Å²) in [5.74, 6) is -0.689. The van der Waals surface area contributed by atoms with Crippen molar-refractivity contribution >= 4 is 18.0 Å². The average Bonchev–Trinajstić information content (AvgIpc) is 2.99. The van der Waals surface area contributed by atoms with Gasteiger partial charge in [0, 0.05) is 13.0 Å². The molecular formula is C19H33N3O4. The van der Waals surface area contributed by atoms with Crippen LogP contribution in [0.1, 0.15) is 82.7 Å². The highest BCUT2D eigenvalue weighted by molar-refractivity contribution is 5.86. The number of amides is 2. The largest absolute Gasteiger partial charge is 0.481 e. The fraction of sp³-hybridized carbons (Fsp3) is 0.737. The zero-order chi connectivity index (χ0) is 19.0. The Labute approximate surface area is 156 Å². The van der Waals surface area contributed by atoms with E-state index in [0.29, 0.717) is 13.0 Å². The molecule has 0 spiro atoms. The number of carbonyl (C=O) groups is 2. The first kappa shape index (κ1) is 22.0. The summed E-state index contributed by atoms with van der Waals surface area (Å²) >= 11 is 0. The Bertz CT molecular complexity index is 517. The highest BCUT2D eigenvalue weighted by Crippen LogP contribution is 2.12. The van der Waals surface area contributed by atoms with Crippen molar-refractivity contribution < 1.29 is 19.1 Å². The summed E-state index contributed by atoms with van der Waals surface area (Å²) in [4.78, 5) is 26.0. The lowest BCUT2D eigenvalue weighted by Gasteiger charge is -2.05. The van der Waals surface area contributed by atoms with Crippen LogP contribution in [0.3, 0.4) is 0 Å². The van der Waals surface area contributed by atoms with Crippen LogP contribution in [0.15, 0.2) is 10.7 Å². The second-order valence-electron chi connectivity index (χ2n) is 6.71. The molecule has 1 rings (SSSR count). The highest BCUT2D eigenvalue weighted by atomic mass is 16.4. The van der Waals surface area contributed by atoms with Crippen molar-refractivity contribution in [1.82, 2.24) is 10.3 Å².